The zero-order valence-corrected chi connectivity index (χ0v) is 7.50. The van der Waals surface area contributed by atoms with Gasteiger partial charge in [-0.05, 0) is 18.6 Å². The van der Waals surface area contributed by atoms with E-state index in [0.717, 1.165) is 0 Å². The first-order valence-electron chi connectivity index (χ1n) is 3.73. The van der Waals surface area contributed by atoms with Crippen LogP contribution in [-0.2, 0) is 0 Å². The molecule has 0 radical (unpaired) electrons. The van der Waals surface area contributed by atoms with Crippen molar-refractivity contribution in [1.29, 1.82) is 0 Å². The molecule has 4 heteroatoms. The summed E-state index contributed by atoms with van der Waals surface area (Å²) in [7, 11) is 1.47. The molecule has 0 saturated carbocycles. The van der Waals surface area contributed by atoms with E-state index in [4.69, 9.17) is 15.6 Å². The maximum Gasteiger partial charge on any atom is 0.336 e. The third-order valence-corrected chi connectivity index (χ3v) is 1.89. The minimum atomic E-state index is -0.997. The molecule has 0 saturated heterocycles. The normalized spacial score (nSPS) is 9.69. The van der Waals surface area contributed by atoms with E-state index in [1.54, 1.807) is 13.0 Å². The van der Waals surface area contributed by atoms with Crippen LogP contribution in [-0.4, -0.2) is 18.2 Å². The molecular formula is C9H11NO3. The van der Waals surface area contributed by atoms with Crippen molar-refractivity contribution in [3.63, 3.8) is 0 Å². The molecule has 1 rings (SSSR count). The van der Waals surface area contributed by atoms with E-state index in [9.17, 15) is 4.79 Å². The van der Waals surface area contributed by atoms with Gasteiger partial charge in [0.25, 0.3) is 0 Å². The molecule has 0 amide bonds. The number of aromatic carboxylic acids is 1. The van der Waals surface area contributed by atoms with Crippen LogP contribution in [0, 0.1) is 6.92 Å². The van der Waals surface area contributed by atoms with E-state index in [1.165, 1.54) is 13.2 Å². The molecule has 0 aromatic heterocycles. The molecule has 13 heavy (non-hydrogen) atoms. The molecule has 0 spiro atoms. The lowest BCUT2D eigenvalue weighted by Crippen LogP contribution is -2.03. The van der Waals surface area contributed by atoms with Crippen molar-refractivity contribution >= 4 is 11.7 Å². The standard InChI is InChI=1S/C9H11NO3/c1-5-7(9(11)12)3-6(13-2)4-8(5)10/h3-4H,10H2,1-2H3,(H,11,12). The Bertz CT molecular complexity index is 347. The fraction of sp³-hybridized carbons (Fsp3) is 0.222. The van der Waals surface area contributed by atoms with Gasteiger partial charge >= 0.3 is 5.97 Å². The van der Waals surface area contributed by atoms with E-state index < -0.39 is 5.97 Å². The first kappa shape index (κ1) is 9.38. The average Bonchev–Trinajstić information content (AvgIpc) is 2.09. The van der Waals surface area contributed by atoms with Crippen molar-refractivity contribution in [3.05, 3.63) is 23.3 Å². The van der Waals surface area contributed by atoms with Gasteiger partial charge in [0.15, 0.2) is 0 Å². The zero-order valence-electron chi connectivity index (χ0n) is 7.50. The summed E-state index contributed by atoms with van der Waals surface area (Å²) in [5.41, 5.74) is 6.76. The van der Waals surface area contributed by atoms with Crippen molar-refractivity contribution in [1.82, 2.24) is 0 Å². The van der Waals surface area contributed by atoms with Gasteiger partial charge in [-0.25, -0.2) is 4.79 Å². The minimum Gasteiger partial charge on any atom is -0.497 e. The molecule has 0 aliphatic heterocycles. The number of nitrogen functional groups attached to an aromatic ring is 1. The van der Waals surface area contributed by atoms with Crippen LogP contribution in [0.25, 0.3) is 0 Å². The van der Waals surface area contributed by atoms with Crippen LogP contribution in [0.4, 0.5) is 5.69 Å². The van der Waals surface area contributed by atoms with Gasteiger partial charge in [-0.2, -0.15) is 0 Å². The monoisotopic (exact) mass is 181 g/mol. The highest BCUT2D eigenvalue weighted by atomic mass is 16.5. The summed E-state index contributed by atoms with van der Waals surface area (Å²) in [6.07, 6.45) is 0. The van der Waals surface area contributed by atoms with Gasteiger partial charge in [-0.3, -0.25) is 0 Å². The Balaban J connectivity index is 3.33. The first-order valence-corrected chi connectivity index (χ1v) is 3.73. The number of ether oxygens (including phenoxy) is 1. The van der Waals surface area contributed by atoms with Crippen molar-refractivity contribution in [2.75, 3.05) is 12.8 Å². The molecule has 1 aromatic rings. The highest BCUT2D eigenvalue weighted by Crippen LogP contribution is 2.23. The predicted molar refractivity (Wildman–Crippen MR) is 49.1 cm³/mol. The Hall–Kier alpha value is -1.71. The molecule has 4 nitrogen and oxygen atoms in total. The highest BCUT2D eigenvalue weighted by Gasteiger charge is 2.11. The number of carboxylic acid groups (broad SMARTS) is 1. The number of hydrogen-bond donors (Lipinski definition) is 2. The smallest absolute Gasteiger partial charge is 0.336 e. The van der Waals surface area contributed by atoms with Gasteiger partial charge in [0, 0.05) is 11.8 Å². The molecule has 0 aliphatic rings. The molecule has 0 fully saturated rings. The van der Waals surface area contributed by atoms with Gasteiger partial charge in [0.1, 0.15) is 5.75 Å². The van der Waals surface area contributed by atoms with Crippen molar-refractivity contribution < 1.29 is 14.6 Å². The molecular weight excluding hydrogens is 170 g/mol. The molecule has 0 bridgehead atoms. The van der Waals surface area contributed by atoms with E-state index in [-0.39, 0.29) is 5.56 Å². The average molecular weight is 181 g/mol. The number of nitrogens with two attached hydrogens (primary N) is 1. The first-order chi connectivity index (χ1) is 6.06. The Kier molecular flexibility index (Phi) is 2.41. The highest BCUT2D eigenvalue weighted by molar-refractivity contribution is 5.91. The number of carbonyl (C=O) groups is 1. The zero-order chi connectivity index (χ0) is 10.0. The lowest BCUT2D eigenvalue weighted by atomic mass is 10.1. The number of methoxy groups -OCH3 is 1. The van der Waals surface area contributed by atoms with Crippen LogP contribution in [0.3, 0.4) is 0 Å². The van der Waals surface area contributed by atoms with E-state index in [0.29, 0.717) is 17.0 Å². The number of benzene rings is 1. The van der Waals surface area contributed by atoms with Crippen molar-refractivity contribution in [3.8, 4) is 5.75 Å². The summed E-state index contributed by atoms with van der Waals surface area (Å²) in [5.74, 6) is -0.538. The Labute approximate surface area is 75.9 Å². The Morgan fingerprint density at radius 3 is 2.62 bits per heavy atom. The summed E-state index contributed by atoms with van der Waals surface area (Å²) >= 11 is 0. The summed E-state index contributed by atoms with van der Waals surface area (Å²) in [6.45, 7) is 1.66. The lowest BCUT2D eigenvalue weighted by molar-refractivity contribution is 0.0696. The van der Waals surface area contributed by atoms with Gasteiger partial charge in [0.2, 0.25) is 0 Å². The quantitative estimate of drug-likeness (QED) is 0.674. The minimum absolute atomic E-state index is 0.178. The maximum atomic E-state index is 10.7. The van der Waals surface area contributed by atoms with Crippen LogP contribution >= 0.6 is 0 Å². The number of hydrogen-bond acceptors (Lipinski definition) is 3. The molecule has 3 N–H and O–H groups in total. The summed E-state index contributed by atoms with van der Waals surface area (Å²) < 4.78 is 4.90. The third-order valence-electron chi connectivity index (χ3n) is 1.89. The number of rotatable bonds is 2. The van der Waals surface area contributed by atoms with Crippen LogP contribution in [0.1, 0.15) is 15.9 Å². The number of carboxylic acids is 1. The van der Waals surface area contributed by atoms with Crippen LogP contribution in [0.15, 0.2) is 12.1 Å². The second-order valence-electron chi connectivity index (χ2n) is 2.69. The lowest BCUT2D eigenvalue weighted by Gasteiger charge is -2.07. The maximum absolute atomic E-state index is 10.7. The molecule has 0 unspecified atom stereocenters. The predicted octanol–water partition coefficient (Wildman–Crippen LogP) is 1.28. The molecule has 70 valence electrons. The largest absolute Gasteiger partial charge is 0.497 e. The second kappa shape index (κ2) is 3.35. The third kappa shape index (κ3) is 1.72. The van der Waals surface area contributed by atoms with E-state index in [2.05, 4.69) is 0 Å². The molecule has 0 atom stereocenters. The van der Waals surface area contributed by atoms with E-state index >= 15 is 0 Å². The fourth-order valence-corrected chi connectivity index (χ4v) is 1.05. The van der Waals surface area contributed by atoms with Gasteiger partial charge in [-0.15, -0.1) is 0 Å². The molecule has 0 aliphatic carbocycles. The number of anilines is 1. The molecule has 1 aromatic carbocycles. The summed E-state index contributed by atoms with van der Waals surface area (Å²) in [4.78, 5) is 10.7. The van der Waals surface area contributed by atoms with Gasteiger partial charge < -0.3 is 15.6 Å². The van der Waals surface area contributed by atoms with Gasteiger partial charge in [-0.1, -0.05) is 0 Å². The summed E-state index contributed by atoms with van der Waals surface area (Å²) in [6, 6.07) is 3.05. The molecule has 0 heterocycles. The van der Waals surface area contributed by atoms with Crippen LogP contribution in [0.5, 0.6) is 5.75 Å². The van der Waals surface area contributed by atoms with Crippen LogP contribution in [0.2, 0.25) is 0 Å². The fourth-order valence-electron chi connectivity index (χ4n) is 1.05. The second-order valence-corrected chi connectivity index (χ2v) is 2.69. The van der Waals surface area contributed by atoms with E-state index in [1.807, 2.05) is 0 Å². The van der Waals surface area contributed by atoms with Crippen molar-refractivity contribution in [2.24, 2.45) is 0 Å². The summed E-state index contributed by atoms with van der Waals surface area (Å²) in [5, 5.41) is 8.80. The topological polar surface area (TPSA) is 72.5 Å². The van der Waals surface area contributed by atoms with Crippen molar-refractivity contribution in [2.45, 2.75) is 6.92 Å². The van der Waals surface area contributed by atoms with Crippen LogP contribution < -0.4 is 10.5 Å². The Morgan fingerprint density at radius 2 is 2.15 bits per heavy atom. The Morgan fingerprint density at radius 1 is 1.54 bits per heavy atom. The SMILES string of the molecule is COc1cc(N)c(C)c(C(=O)O)c1. The van der Waals surface area contributed by atoms with Gasteiger partial charge in [0.05, 0.1) is 12.7 Å².